The van der Waals surface area contributed by atoms with Gasteiger partial charge in [0.25, 0.3) is 10.9 Å². The molecule has 4 aromatic carbocycles. The number of aromatic hydroxyl groups is 1. The molecule has 6 amide bonds. The zero-order valence-corrected chi connectivity index (χ0v) is 62.2. The van der Waals surface area contributed by atoms with Gasteiger partial charge in [0.15, 0.2) is 5.96 Å². The zero-order chi connectivity index (χ0) is 82.0. The predicted molar refractivity (Wildman–Crippen MR) is 366 cm³/mol. The number of guanidine groups is 1. The number of carboxylic acids is 6. The zero-order valence-electron chi connectivity index (χ0n) is 58.9. The van der Waals surface area contributed by atoms with E-state index in [0.29, 0.717) is 54.7 Å². The Bertz CT molecular complexity index is 3640. The van der Waals surface area contributed by atoms with Gasteiger partial charge in [-0.15, -0.1) is 0 Å². The first-order chi connectivity index (χ1) is 51.1. The number of carboxylic acid groups (broad SMARTS) is 6. The summed E-state index contributed by atoms with van der Waals surface area (Å²) in [5.41, 5.74) is 6.70. The van der Waals surface area contributed by atoms with Crippen LogP contribution in [0, 0.1) is 0 Å². The smallest absolute Gasteiger partial charge is 0.542 e. The van der Waals surface area contributed by atoms with Gasteiger partial charge in [0.2, 0.25) is 23.6 Å². The fraction of sp³-hybridized carbons (Fsp3) is 0.477. The normalized spacial score (nSPS) is 13.9. The van der Waals surface area contributed by atoms with Crippen LogP contribution in [0.15, 0.2) is 93.4 Å². The number of aliphatic carboxylic acids is 6. The number of aliphatic imine (C=N–C) groups is 1. The second kappa shape index (κ2) is 50.2. The van der Waals surface area contributed by atoms with Gasteiger partial charge in [0, 0.05) is 105 Å². The minimum Gasteiger partial charge on any atom is -0.542 e. The molecule has 0 aromatic heterocycles. The van der Waals surface area contributed by atoms with Crippen molar-refractivity contribution in [2.45, 2.75) is 76.1 Å². The number of halogens is 9. The van der Waals surface area contributed by atoms with Crippen LogP contribution >= 0.6 is 0 Å². The third kappa shape index (κ3) is 41.1. The van der Waals surface area contributed by atoms with Gasteiger partial charge in [-0.2, -0.15) is 44.5 Å². The van der Waals surface area contributed by atoms with Crippen molar-refractivity contribution in [3.8, 4) is 11.5 Å². The SMILES string of the molecule is CCC(=O)NCCNC(=O)/N=C(/N)NCCCC(NC(=O)[C@H](c1ccccc1)c1cccc(OCCCCNc2c(NCCNC(=O)CN3CCN(CC(=O)O)CCN(CC(=O)O)CCN(CC(=O)O)CC3)c(=O)c2=O)c1)C(=O)NCc1ccc(O)cc1.O=C([O-])C(F)(F)F.O=C([O-])C(F)(F)F.O=C([O-])C(F)(F)F.[In+3]. The topological polar surface area (TPSA) is 529 Å². The van der Waals surface area contributed by atoms with Crippen LogP contribution in [0.2, 0.25) is 0 Å². The van der Waals surface area contributed by atoms with Crippen LogP contribution in [0.5, 0.6) is 11.5 Å². The molecule has 5 rings (SSSR count). The molecule has 0 radical (unpaired) electrons. The van der Waals surface area contributed by atoms with Crippen molar-refractivity contribution in [1.29, 1.82) is 0 Å². The number of carbonyl (C=O) groups excluding carboxylic acids is 8. The van der Waals surface area contributed by atoms with Crippen molar-refractivity contribution in [3.63, 3.8) is 0 Å². The van der Waals surface area contributed by atoms with Crippen molar-refractivity contribution in [1.82, 2.24) is 51.5 Å². The number of nitrogens with two attached hydrogens (primary N) is 1. The molecule has 1 saturated heterocycles. The number of ether oxygens (including phenoxy) is 1. The molecule has 110 heavy (non-hydrogen) atoms. The summed E-state index contributed by atoms with van der Waals surface area (Å²) < 4.78 is 101. The van der Waals surface area contributed by atoms with Crippen LogP contribution in [0.3, 0.4) is 0 Å². The van der Waals surface area contributed by atoms with E-state index in [9.17, 15) is 108 Å². The number of nitrogens with zero attached hydrogens (tertiary/aromatic N) is 5. The average molecular weight is 1680 g/mol. The standard InChI is InChI=1S/C59H82N14O15.3C2HF3O2.In/c1-2-46(75)61-22-24-66-59(87)69-58(60)65-20-9-14-45(56(85)67-35-40-15-17-43(74)18-16-40)68-57(86)51(41-10-4-3-5-11-41)42-12-8-13-44(34-42)88-33-7-6-19-63-52-53(55(84)54(52)83)64-23-21-62-47(76)36-70-25-27-71(37-48(77)78)29-31-73(39-50(81)82)32-30-72(28-26-70)38-49(79)80;3*3-2(4,5)1(6)7;/h3-5,8,10-13,15-18,34,45,51,63-64,74H,2,6-7,9,14,19-33,35-39H2,1H3,(H,61,75)(H,62,76)(H,67,85)(H,68,86)(H,77,78)(H,79,80)(H,81,82)(H4,60,65,66,69,87);3*(H,6,7);/q;;;;+3/p-3/t45?,51-;;;;/m1..../s1. The molecule has 1 aliphatic heterocycles. The maximum atomic E-state index is 14.5. The number of nitrogens with one attached hydrogen (secondary N) is 8. The summed E-state index contributed by atoms with van der Waals surface area (Å²) in [7, 11) is 0. The number of urea groups is 1. The average Bonchev–Trinajstić information content (AvgIpc) is 0.790. The number of phenols is 1. The summed E-state index contributed by atoms with van der Waals surface area (Å²) in [5.74, 6) is -14.2. The number of hydrogen-bond acceptors (Lipinski definition) is 24. The first kappa shape index (κ1) is 97.5. The molecule has 1 heterocycles. The molecular weight excluding hydrogens is 1600 g/mol. The molecule has 35 nitrogen and oxygen atoms in total. The van der Waals surface area contributed by atoms with Crippen LogP contribution in [0.4, 0.5) is 55.7 Å². The Labute approximate surface area is 639 Å². The van der Waals surface area contributed by atoms with Crippen molar-refractivity contribution < 1.29 is 133 Å². The van der Waals surface area contributed by atoms with E-state index in [4.69, 9.17) is 40.2 Å². The molecule has 0 bridgehead atoms. The number of anilines is 2. The first-order valence-electron chi connectivity index (χ1n) is 32.8. The number of hydrogen-bond donors (Lipinski definition) is 13. The van der Waals surface area contributed by atoms with Crippen molar-refractivity contribution >= 4 is 109 Å². The molecule has 0 aliphatic carbocycles. The van der Waals surface area contributed by atoms with Crippen molar-refractivity contribution in [2.24, 2.45) is 10.7 Å². The van der Waals surface area contributed by atoms with E-state index in [1.54, 1.807) is 87.2 Å². The summed E-state index contributed by atoms with van der Waals surface area (Å²) in [6.45, 7) is 4.10. The molecule has 1 aliphatic rings. The summed E-state index contributed by atoms with van der Waals surface area (Å²) in [6, 6.07) is 20.6. The summed E-state index contributed by atoms with van der Waals surface area (Å²) in [5, 5.41) is 87.1. The number of unbranched alkanes of at least 4 members (excludes halogenated alkanes) is 1. The summed E-state index contributed by atoms with van der Waals surface area (Å²) >= 11 is 0. The Morgan fingerprint density at radius 3 is 1.43 bits per heavy atom. The number of phenolic OH excluding ortho intramolecular Hbond substituents is 1. The second-order valence-corrected chi connectivity index (χ2v) is 23.2. The van der Waals surface area contributed by atoms with Gasteiger partial charge in [-0.1, -0.05) is 61.5 Å². The number of carbonyl (C=O) groups is 11. The van der Waals surface area contributed by atoms with Gasteiger partial charge in [-0.25, -0.2) is 4.79 Å². The van der Waals surface area contributed by atoms with Gasteiger partial charge in [0.05, 0.1) is 38.7 Å². The molecule has 0 saturated carbocycles. The number of amides is 6. The third-order valence-corrected chi connectivity index (χ3v) is 14.7. The molecular formula is C65H82F9InN14O21. The molecule has 0 spiro atoms. The second-order valence-electron chi connectivity index (χ2n) is 23.2. The predicted octanol–water partition coefficient (Wildman–Crippen LogP) is -3.37. The maximum Gasteiger partial charge on any atom is 3.00 e. The van der Waals surface area contributed by atoms with Crippen LogP contribution in [0.1, 0.15) is 61.6 Å². The molecule has 1 fully saturated rings. The summed E-state index contributed by atoms with van der Waals surface area (Å²) in [4.78, 5) is 162. The van der Waals surface area contributed by atoms with Crippen LogP contribution < -0.4 is 79.2 Å². The number of benzene rings is 3. The Hall–Kier alpha value is -10.5. The molecule has 604 valence electrons. The molecule has 2 atom stereocenters. The maximum absolute atomic E-state index is 14.5. The molecule has 14 N–H and O–H groups in total. The van der Waals surface area contributed by atoms with Crippen molar-refractivity contribution in [3.05, 3.63) is 116 Å². The van der Waals surface area contributed by atoms with E-state index in [1.165, 1.54) is 12.1 Å². The van der Waals surface area contributed by atoms with Gasteiger partial charge < -0.3 is 103 Å². The first-order valence-corrected chi connectivity index (χ1v) is 32.8. The summed E-state index contributed by atoms with van der Waals surface area (Å²) in [6.07, 6.45) is -13.7. The van der Waals surface area contributed by atoms with Gasteiger partial charge in [-0.05, 0) is 66.6 Å². The Kier molecular flexibility index (Phi) is 44.5. The van der Waals surface area contributed by atoms with Crippen LogP contribution in [-0.2, 0) is 54.5 Å². The third-order valence-electron chi connectivity index (χ3n) is 14.7. The quantitative estimate of drug-likeness (QED) is 0.00714. The minimum atomic E-state index is -5.19. The monoisotopic (exact) mass is 1680 g/mol. The number of alkyl halides is 9. The molecule has 4 aromatic rings. The fourth-order valence-corrected chi connectivity index (χ4v) is 9.37. The Morgan fingerprint density at radius 1 is 0.527 bits per heavy atom. The molecule has 1 unspecified atom stereocenters. The van der Waals surface area contributed by atoms with E-state index in [2.05, 4.69) is 47.5 Å². The Balaban J connectivity index is 0.00000240. The van der Waals surface area contributed by atoms with E-state index in [0.717, 1.165) is 0 Å². The van der Waals surface area contributed by atoms with E-state index in [1.807, 2.05) is 6.07 Å². The van der Waals surface area contributed by atoms with Gasteiger partial charge in [-0.3, -0.25) is 62.8 Å². The molecule has 45 heteroatoms. The van der Waals surface area contributed by atoms with Crippen molar-refractivity contribution in [2.75, 3.05) is 135 Å². The van der Waals surface area contributed by atoms with Gasteiger partial charge in [0.1, 0.15) is 46.8 Å². The van der Waals surface area contributed by atoms with Crippen LogP contribution in [-0.4, -0.2) is 286 Å². The van der Waals surface area contributed by atoms with Crippen LogP contribution in [0.25, 0.3) is 0 Å². The largest absolute Gasteiger partial charge is 3.00 e. The van der Waals surface area contributed by atoms with E-state index >= 15 is 0 Å². The van der Waals surface area contributed by atoms with E-state index < -0.39 is 95.0 Å². The fourth-order valence-electron chi connectivity index (χ4n) is 9.37. The van der Waals surface area contributed by atoms with Gasteiger partial charge >= 0.3 is 68.3 Å². The number of rotatable bonds is 34. The minimum absolute atomic E-state index is 0. The van der Waals surface area contributed by atoms with E-state index in [-0.39, 0.29) is 192 Å². The Morgan fingerprint density at radius 2 is 0.964 bits per heavy atom.